The highest BCUT2D eigenvalue weighted by atomic mass is 127. The van der Waals surface area contributed by atoms with Gasteiger partial charge in [0.1, 0.15) is 0 Å². The first-order chi connectivity index (χ1) is 14.3. The van der Waals surface area contributed by atoms with Gasteiger partial charge in [0, 0.05) is 26.7 Å². The van der Waals surface area contributed by atoms with E-state index < -0.39 is 10.0 Å². The standard InChI is InChI=1S/C22H38N4O3S.HI/c1-5-23-21(25-17-22(11-6-12-22)15-18(2)3)24-16-19-7-9-20(10-8-19)30(27,28)26-13-14-29-4;/h7-10,18,26H,5-6,11-17H2,1-4H3,(H2,23,24,25);1H. The number of rotatable bonds is 12. The van der Waals surface area contributed by atoms with Crippen LogP contribution in [-0.4, -0.2) is 47.7 Å². The lowest BCUT2D eigenvalue weighted by Crippen LogP contribution is -2.47. The number of aliphatic imine (C=N–C) groups is 1. The number of guanidine groups is 1. The van der Waals surface area contributed by atoms with Crippen LogP contribution in [0.5, 0.6) is 0 Å². The van der Waals surface area contributed by atoms with E-state index in [1.807, 2.05) is 12.1 Å². The predicted molar refractivity (Wildman–Crippen MR) is 137 cm³/mol. The predicted octanol–water partition coefficient (Wildman–Crippen LogP) is 3.50. The van der Waals surface area contributed by atoms with Crippen molar-refractivity contribution in [2.45, 2.75) is 57.9 Å². The molecule has 0 atom stereocenters. The topological polar surface area (TPSA) is 91.8 Å². The molecule has 0 unspecified atom stereocenters. The van der Waals surface area contributed by atoms with Crippen LogP contribution < -0.4 is 15.4 Å². The van der Waals surface area contributed by atoms with Crippen molar-refractivity contribution in [2.75, 3.05) is 33.4 Å². The lowest BCUT2D eigenvalue weighted by Gasteiger charge is -2.43. The Balaban J connectivity index is 0.00000480. The second-order valence-corrected chi connectivity index (χ2v) is 10.3. The number of nitrogens with zero attached hydrogens (tertiary/aromatic N) is 1. The number of hydrogen-bond donors (Lipinski definition) is 3. The van der Waals surface area contributed by atoms with Crippen molar-refractivity contribution < 1.29 is 13.2 Å². The summed E-state index contributed by atoms with van der Waals surface area (Å²) >= 11 is 0. The summed E-state index contributed by atoms with van der Waals surface area (Å²) in [5, 5.41) is 6.84. The average Bonchev–Trinajstić information content (AvgIpc) is 2.68. The maximum absolute atomic E-state index is 12.2. The number of benzene rings is 1. The van der Waals surface area contributed by atoms with Crippen molar-refractivity contribution in [1.82, 2.24) is 15.4 Å². The minimum atomic E-state index is -3.51. The number of halogens is 1. The van der Waals surface area contributed by atoms with Gasteiger partial charge >= 0.3 is 0 Å². The maximum Gasteiger partial charge on any atom is 0.240 e. The quantitative estimate of drug-likeness (QED) is 0.156. The number of hydrogen-bond acceptors (Lipinski definition) is 4. The van der Waals surface area contributed by atoms with Gasteiger partial charge in [0.25, 0.3) is 0 Å². The lowest BCUT2D eigenvalue weighted by atomic mass is 9.64. The van der Waals surface area contributed by atoms with Gasteiger partial charge in [0.15, 0.2) is 5.96 Å². The third-order valence-corrected chi connectivity index (χ3v) is 6.96. The van der Waals surface area contributed by atoms with Crippen LogP contribution in [0.1, 0.15) is 52.0 Å². The van der Waals surface area contributed by atoms with Crippen molar-refractivity contribution in [3.63, 3.8) is 0 Å². The van der Waals surface area contributed by atoms with E-state index in [4.69, 9.17) is 4.74 Å². The molecule has 1 aliphatic rings. The van der Waals surface area contributed by atoms with E-state index in [1.54, 1.807) is 12.1 Å². The summed E-state index contributed by atoms with van der Waals surface area (Å²) in [6.07, 6.45) is 5.13. The monoisotopic (exact) mass is 566 g/mol. The summed E-state index contributed by atoms with van der Waals surface area (Å²) in [5.41, 5.74) is 1.36. The fourth-order valence-electron chi connectivity index (χ4n) is 3.91. The third-order valence-electron chi connectivity index (χ3n) is 5.48. The SMILES string of the molecule is CCNC(=NCc1ccc(S(=O)(=O)NCCOC)cc1)NCC1(CC(C)C)CCC1.I. The smallest absolute Gasteiger partial charge is 0.240 e. The molecule has 2 rings (SSSR count). The molecule has 3 N–H and O–H groups in total. The molecule has 0 saturated heterocycles. The van der Waals surface area contributed by atoms with E-state index in [1.165, 1.54) is 32.8 Å². The van der Waals surface area contributed by atoms with Crippen LogP contribution in [0.2, 0.25) is 0 Å². The van der Waals surface area contributed by atoms with Gasteiger partial charge in [-0.15, -0.1) is 24.0 Å². The Kier molecular flexibility index (Phi) is 12.3. The van der Waals surface area contributed by atoms with E-state index in [-0.39, 0.29) is 35.4 Å². The van der Waals surface area contributed by atoms with Gasteiger partial charge in [-0.3, -0.25) is 0 Å². The van der Waals surface area contributed by atoms with E-state index in [0.29, 0.717) is 24.5 Å². The van der Waals surface area contributed by atoms with Gasteiger partial charge in [-0.2, -0.15) is 0 Å². The summed E-state index contributed by atoms with van der Waals surface area (Å²) in [6, 6.07) is 6.85. The first-order valence-corrected chi connectivity index (χ1v) is 12.4. The Morgan fingerprint density at radius 2 is 1.87 bits per heavy atom. The zero-order chi connectivity index (χ0) is 22.0. The Morgan fingerprint density at radius 3 is 2.39 bits per heavy atom. The molecule has 0 spiro atoms. The van der Waals surface area contributed by atoms with E-state index in [2.05, 4.69) is 41.1 Å². The Morgan fingerprint density at radius 1 is 1.19 bits per heavy atom. The molecule has 7 nitrogen and oxygen atoms in total. The van der Waals surface area contributed by atoms with Crippen LogP contribution in [0.25, 0.3) is 0 Å². The van der Waals surface area contributed by atoms with Crippen LogP contribution >= 0.6 is 24.0 Å². The van der Waals surface area contributed by atoms with Crippen molar-refractivity contribution >= 4 is 40.0 Å². The van der Waals surface area contributed by atoms with Crippen LogP contribution in [0.4, 0.5) is 0 Å². The fraction of sp³-hybridized carbons (Fsp3) is 0.682. The minimum absolute atomic E-state index is 0. The fourth-order valence-corrected chi connectivity index (χ4v) is 4.93. The second kappa shape index (κ2) is 13.6. The molecular formula is C22H39IN4O3S. The number of methoxy groups -OCH3 is 1. The Hall–Kier alpha value is -0.910. The normalized spacial score (nSPS) is 15.8. The molecule has 31 heavy (non-hydrogen) atoms. The zero-order valence-corrected chi connectivity index (χ0v) is 22.4. The third kappa shape index (κ3) is 9.23. The molecule has 1 fully saturated rings. The second-order valence-electron chi connectivity index (χ2n) is 8.53. The zero-order valence-electron chi connectivity index (χ0n) is 19.2. The molecule has 0 amide bonds. The first-order valence-electron chi connectivity index (χ1n) is 10.9. The van der Waals surface area contributed by atoms with Gasteiger partial charge in [-0.25, -0.2) is 18.1 Å². The number of sulfonamides is 1. The summed E-state index contributed by atoms with van der Waals surface area (Å²) < 4.78 is 31.9. The summed E-state index contributed by atoms with van der Waals surface area (Å²) in [4.78, 5) is 4.94. The molecule has 0 aromatic heterocycles. The average molecular weight is 567 g/mol. The molecule has 178 valence electrons. The van der Waals surface area contributed by atoms with Crippen molar-refractivity contribution in [3.05, 3.63) is 29.8 Å². The molecule has 1 saturated carbocycles. The van der Waals surface area contributed by atoms with Gasteiger partial charge in [0.05, 0.1) is 18.0 Å². The molecule has 9 heteroatoms. The molecule has 0 radical (unpaired) electrons. The van der Waals surface area contributed by atoms with E-state index in [9.17, 15) is 8.42 Å². The Bertz CT molecular complexity index is 778. The highest BCUT2D eigenvalue weighted by molar-refractivity contribution is 14.0. The minimum Gasteiger partial charge on any atom is -0.383 e. The van der Waals surface area contributed by atoms with Crippen LogP contribution in [0.3, 0.4) is 0 Å². The molecule has 1 aliphatic carbocycles. The summed E-state index contributed by atoms with van der Waals surface area (Å²) in [5.74, 6) is 1.51. The van der Waals surface area contributed by atoms with Crippen molar-refractivity contribution in [1.29, 1.82) is 0 Å². The summed E-state index contributed by atoms with van der Waals surface area (Å²) in [6.45, 7) is 9.46. The van der Waals surface area contributed by atoms with Crippen molar-refractivity contribution in [3.8, 4) is 0 Å². The van der Waals surface area contributed by atoms with Crippen LogP contribution in [-0.2, 0) is 21.3 Å². The molecule has 0 bridgehead atoms. The highest BCUT2D eigenvalue weighted by Crippen LogP contribution is 2.45. The Labute approximate surface area is 205 Å². The molecule has 1 aromatic rings. The number of ether oxygens (including phenoxy) is 1. The number of nitrogens with one attached hydrogen (secondary N) is 3. The molecule has 1 aromatic carbocycles. The largest absolute Gasteiger partial charge is 0.383 e. The van der Waals surface area contributed by atoms with E-state index in [0.717, 1.165) is 24.6 Å². The van der Waals surface area contributed by atoms with Crippen LogP contribution in [0, 0.1) is 11.3 Å². The van der Waals surface area contributed by atoms with Gasteiger partial charge in [-0.1, -0.05) is 32.4 Å². The van der Waals surface area contributed by atoms with Crippen LogP contribution in [0.15, 0.2) is 34.2 Å². The molecule has 0 aliphatic heterocycles. The molecule has 0 heterocycles. The molecular weight excluding hydrogens is 527 g/mol. The van der Waals surface area contributed by atoms with Gasteiger partial charge in [-0.05, 0) is 55.2 Å². The van der Waals surface area contributed by atoms with E-state index >= 15 is 0 Å². The van der Waals surface area contributed by atoms with Crippen molar-refractivity contribution in [2.24, 2.45) is 16.3 Å². The maximum atomic E-state index is 12.2. The summed E-state index contributed by atoms with van der Waals surface area (Å²) in [7, 11) is -1.97. The highest BCUT2D eigenvalue weighted by Gasteiger charge is 2.37. The lowest BCUT2D eigenvalue weighted by molar-refractivity contribution is 0.104. The first kappa shape index (κ1) is 28.1. The van der Waals surface area contributed by atoms with Gasteiger partial charge in [0.2, 0.25) is 10.0 Å². The van der Waals surface area contributed by atoms with Gasteiger partial charge < -0.3 is 15.4 Å².